The average molecular weight is 299 g/mol. The van der Waals surface area contributed by atoms with Gasteiger partial charge in [0.1, 0.15) is 0 Å². The van der Waals surface area contributed by atoms with Gasteiger partial charge < -0.3 is 14.4 Å². The molecule has 1 amide bonds. The molecule has 2 heterocycles. The van der Waals surface area contributed by atoms with Crippen LogP contribution in [-0.4, -0.2) is 98.9 Å². The summed E-state index contributed by atoms with van der Waals surface area (Å²) in [5.41, 5.74) is 0. The number of piperazine rings is 1. The molecule has 6 heteroatoms. The Morgan fingerprint density at radius 2 is 1.62 bits per heavy atom. The number of carbonyl (C=O) groups excluding carboxylic acids is 1. The van der Waals surface area contributed by atoms with E-state index in [1.165, 1.54) is 0 Å². The third-order valence-electron chi connectivity index (χ3n) is 4.61. The lowest BCUT2D eigenvalue weighted by molar-refractivity contribution is -0.141. The van der Waals surface area contributed by atoms with Gasteiger partial charge in [0.25, 0.3) is 0 Å². The van der Waals surface area contributed by atoms with Crippen LogP contribution in [0.4, 0.5) is 0 Å². The topological polar surface area (TPSA) is 45.2 Å². The van der Waals surface area contributed by atoms with Crippen molar-refractivity contribution in [2.45, 2.75) is 25.9 Å². The Kier molecular flexibility index (Phi) is 6.41. The fraction of sp³-hybridized carbons (Fsp3) is 0.933. The molecule has 0 aromatic heterocycles. The fourth-order valence-electron chi connectivity index (χ4n) is 3.12. The van der Waals surface area contributed by atoms with Gasteiger partial charge in [0.05, 0.1) is 25.9 Å². The second-order valence-electron chi connectivity index (χ2n) is 5.99. The van der Waals surface area contributed by atoms with Crippen molar-refractivity contribution in [1.29, 1.82) is 0 Å². The summed E-state index contributed by atoms with van der Waals surface area (Å²) >= 11 is 0. The molecule has 122 valence electrons. The van der Waals surface area contributed by atoms with E-state index in [1.807, 2.05) is 11.8 Å². The molecule has 2 rings (SSSR count). The molecule has 0 spiro atoms. The number of amides is 1. The number of hydrogen-bond donors (Lipinski definition) is 0. The number of methoxy groups -OCH3 is 1. The number of morpholine rings is 1. The first-order chi connectivity index (χ1) is 10.1. The molecule has 0 aromatic rings. The van der Waals surface area contributed by atoms with E-state index >= 15 is 0 Å². The van der Waals surface area contributed by atoms with Crippen LogP contribution in [-0.2, 0) is 14.3 Å². The van der Waals surface area contributed by atoms with E-state index in [4.69, 9.17) is 9.47 Å². The van der Waals surface area contributed by atoms with Crippen LogP contribution < -0.4 is 0 Å². The number of carbonyl (C=O) groups is 1. The molecule has 0 aliphatic carbocycles. The molecule has 2 aliphatic rings. The van der Waals surface area contributed by atoms with Crippen molar-refractivity contribution in [1.82, 2.24) is 14.7 Å². The SMILES string of the molecule is COCC(C)N1CCN(C(C)C(=O)N2CCOCC2)CC1. The number of nitrogens with zero attached hydrogens (tertiary/aromatic N) is 3. The van der Waals surface area contributed by atoms with Gasteiger partial charge in [-0.2, -0.15) is 0 Å². The quantitative estimate of drug-likeness (QED) is 0.709. The van der Waals surface area contributed by atoms with Gasteiger partial charge in [-0.05, 0) is 13.8 Å². The van der Waals surface area contributed by atoms with Gasteiger partial charge in [-0.25, -0.2) is 0 Å². The molecule has 2 saturated heterocycles. The Morgan fingerprint density at radius 3 is 2.19 bits per heavy atom. The van der Waals surface area contributed by atoms with Crippen LogP contribution >= 0.6 is 0 Å². The minimum atomic E-state index is -0.0250. The smallest absolute Gasteiger partial charge is 0.239 e. The third kappa shape index (κ3) is 4.39. The van der Waals surface area contributed by atoms with Gasteiger partial charge in [0, 0.05) is 52.4 Å². The highest BCUT2D eigenvalue weighted by atomic mass is 16.5. The second kappa shape index (κ2) is 8.08. The molecular formula is C15H29N3O3. The van der Waals surface area contributed by atoms with E-state index < -0.39 is 0 Å². The zero-order valence-corrected chi connectivity index (χ0v) is 13.6. The van der Waals surface area contributed by atoms with Gasteiger partial charge in [0.15, 0.2) is 0 Å². The zero-order chi connectivity index (χ0) is 15.2. The van der Waals surface area contributed by atoms with Crippen LogP contribution in [0.15, 0.2) is 0 Å². The molecule has 0 saturated carbocycles. The van der Waals surface area contributed by atoms with Crippen molar-refractivity contribution < 1.29 is 14.3 Å². The van der Waals surface area contributed by atoms with E-state index in [2.05, 4.69) is 16.7 Å². The van der Waals surface area contributed by atoms with E-state index in [-0.39, 0.29) is 11.9 Å². The number of ether oxygens (including phenoxy) is 2. The minimum Gasteiger partial charge on any atom is -0.383 e. The van der Waals surface area contributed by atoms with E-state index in [9.17, 15) is 4.79 Å². The van der Waals surface area contributed by atoms with Crippen molar-refractivity contribution >= 4 is 5.91 Å². The standard InChI is InChI=1S/C15H29N3O3/c1-13(12-20-3)16-4-6-17(7-5-16)14(2)15(19)18-8-10-21-11-9-18/h13-14H,4-12H2,1-3H3. The molecule has 2 aliphatic heterocycles. The molecule has 0 N–H and O–H groups in total. The third-order valence-corrected chi connectivity index (χ3v) is 4.61. The van der Waals surface area contributed by atoms with Crippen LogP contribution in [0.5, 0.6) is 0 Å². The maximum absolute atomic E-state index is 12.5. The highest BCUT2D eigenvalue weighted by molar-refractivity contribution is 5.81. The van der Waals surface area contributed by atoms with Crippen LogP contribution in [0, 0.1) is 0 Å². The van der Waals surface area contributed by atoms with E-state index in [0.29, 0.717) is 19.3 Å². The summed E-state index contributed by atoms with van der Waals surface area (Å²) in [7, 11) is 1.75. The fourth-order valence-corrected chi connectivity index (χ4v) is 3.12. The van der Waals surface area contributed by atoms with Gasteiger partial charge in [0.2, 0.25) is 5.91 Å². The average Bonchev–Trinajstić information content (AvgIpc) is 2.54. The summed E-state index contributed by atoms with van der Waals surface area (Å²) in [6, 6.07) is 0.422. The van der Waals surface area contributed by atoms with Crippen molar-refractivity contribution in [3.8, 4) is 0 Å². The van der Waals surface area contributed by atoms with Crippen molar-refractivity contribution in [2.24, 2.45) is 0 Å². The summed E-state index contributed by atoms with van der Waals surface area (Å²) in [5, 5.41) is 0. The second-order valence-corrected chi connectivity index (χ2v) is 5.99. The van der Waals surface area contributed by atoms with E-state index in [1.54, 1.807) is 7.11 Å². The van der Waals surface area contributed by atoms with Crippen molar-refractivity contribution in [2.75, 3.05) is 66.2 Å². The van der Waals surface area contributed by atoms with Gasteiger partial charge in [-0.3, -0.25) is 14.6 Å². The van der Waals surface area contributed by atoms with Crippen molar-refractivity contribution in [3.63, 3.8) is 0 Å². The Hall–Kier alpha value is -0.690. The zero-order valence-electron chi connectivity index (χ0n) is 13.6. The predicted octanol–water partition coefficient (Wildman–Crippen LogP) is -0.114. The maximum Gasteiger partial charge on any atom is 0.239 e. The first-order valence-corrected chi connectivity index (χ1v) is 7.97. The number of hydrogen-bond acceptors (Lipinski definition) is 5. The summed E-state index contributed by atoms with van der Waals surface area (Å²) in [4.78, 5) is 19.2. The molecule has 2 unspecified atom stereocenters. The van der Waals surface area contributed by atoms with Gasteiger partial charge in [-0.1, -0.05) is 0 Å². The summed E-state index contributed by atoms with van der Waals surface area (Å²) in [6.07, 6.45) is 0. The molecular weight excluding hydrogens is 270 g/mol. The van der Waals surface area contributed by atoms with E-state index in [0.717, 1.165) is 45.9 Å². The summed E-state index contributed by atoms with van der Waals surface area (Å²) < 4.78 is 10.5. The number of rotatable bonds is 5. The Balaban J connectivity index is 1.79. The lowest BCUT2D eigenvalue weighted by Crippen LogP contribution is -2.57. The highest BCUT2D eigenvalue weighted by Gasteiger charge is 2.30. The normalized spacial score (nSPS) is 24.8. The van der Waals surface area contributed by atoms with Crippen LogP contribution in [0.2, 0.25) is 0 Å². The monoisotopic (exact) mass is 299 g/mol. The highest BCUT2D eigenvalue weighted by Crippen LogP contribution is 2.12. The van der Waals surface area contributed by atoms with Crippen LogP contribution in [0.25, 0.3) is 0 Å². The lowest BCUT2D eigenvalue weighted by atomic mass is 10.1. The molecule has 0 radical (unpaired) electrons. The van der Waals surface area contributed by atoms with Gasteiger partial charge >= 0.3 is 0 Å². The van der Waals surface area contributed by atoms with Crippen LogP contribution in [0.1, 0.15) is 13.8 Å². The molecule has 21 heavy (non-hydrogen) atoms. The predicted molar refractivity (Wildman–Crippen MR) is 81.3 cm³/mol. The van der Waals surface area contributed by atoms with Gasteiger partial charge in [-0.15, -0.1) is 0 Å². The summed E-state index contributed by atoms with van der Waals surface area (Å²) in [6.45, 7) is 11.7. The molecule has 2 atom stereocenters. The molecule has 0 bridgehead atoms. The first kappa shape index (κ1) is 16.7. The molecule has 6 nitrogen and oxygen atoms in total. The lowest BCUT2D eigenvalue weighted by Gasteiger charge is -2.41. The Labute approximate surface area is 128 Å². The Morgan fingerprint density at radius 1 is 1.05 bits per heavy atom. The maximum atomic E-state index is 12.5. The van der Waals surface area contributed by atoms with Crippen molar-refractivity contribution in [3.05, 3.63) is 0 Å². The summed E-state index contributed by atoms with van der Waals surface area (Å²) in [5.74, 6) is 0.247. The molecule has 2 fully saturated rings. The Bertz CT molecular complexity index is 326. The largest absolute Gasteiger partial charge is 0.383 e. The minimum absolute atomic E-state index is 0.0250. The van der Waals surface area contributed by atoms with Crippen LogP contribution in [0.3, 0.4) is 0 Å². The first-order valence-electron chi connectivity index (χ1n) is 7.97. The molecule has 0 aromatic carbocycles.